The smallest absolute Gasteiger partial charge is 0.387 e. The molecular formula is C15H13F4NO. The van der Waals surface area contributed by atoms with Gasteiger partial charge in [0.2, 0.25) is 0 Å². The molecule has 21 heavy (non-hydrogen) atoms. The Morgan fingerprint density at radius 2 is 1.81 bits per heavy atom. The molecule has 0 spiro atoms. The van der Waals surface area contributed by atoms with Gasteiger partial charge >= 0.3 is 6.61 Å². The second kappa shape index (κ2) is 6.47. The fourth-order valence-corrected chi connectivity index (χ4v) is 1.94. The van der Waals surface area contributed by atoms with Gasteiger partial charge in [0, 0.05) is 23.4 Å². The summed E-state index contributed by atoms with van der Waals surface area (Å²) in [6.45, 7) is -1.23. The van der Waals surface area contributed by atoms with Gasteiger partial charge < -0.3 is 10.1 Å². The molecular weight excluding hydrogens is 286 g/mol. The van der Waals surface area contributed by atoms with E-state index in [-0.39, 0.29) is 11.3 Å². The fraction of sp³-hybridized carbons (Fsp3) is 0.200. The van der Waals surface area contributed by atoms with Crippen LogP contribution in [0.15, 0.2) is 42.5 Å². The van der Waals surface area contributed by atoms with Crippen LogP contribution < -0.4 is 10.1 Å². The summed E-state index contributed by atoms with van der Waals surface area (Å²) < 4.78 is 55.1. The highest BCUT2D eigenvalue weighted by Gasteiger charge is 2.12. The number of ether oxygens (including phenoxy) is 1. The lowest BCUT2D eigenvalue weighted by Gasteiger charge is -2.17. The fourth-order valence-electron chi connectivity index (χ4n) is 1.94. The van der Waals surface area contributed by atoms with Crippen LogP contribution in [0.4, 0.5) is 23.2 Å². The van der Waals surface area contributed by atoms with Crippen molar-refractivity contribution >= 4 is 5.69 Å². The van der Waals surface area contributed by atoms with Crippen LogP contribution in [-0.2, 0) is 0 Å². The van der Waals surface area contributed by atoms with E-state index >= 15 is 0 Å². The summed E-state index contributed by atoms with van der Waals surface area (Å²) >= 11 is 0. The summed E-state index contributed by atoms with van der Waals surface area (Å²) in [7, 11) is 0. The first-order valence-electron chi connectivity index (χ1n) is 6.22. The number of halogens is 4. The molecule has 2 nitrogen and oxygen atoms in total. The summed E-state index contributed by atoms with van der Waals surface area (Å²) in [5.41, 5.74) is 0.765. The second-order valence-corrected chi connectivity index (χ2v) is 4.44. The minimum Gasteiger partial charge on any atom is -0.435 e. The Bertz CT molecular complexity index is 618. The predicted octanol–water partition coefficient (Wildman–Crippen LogP) is 4.74. The third-order valence-corrected chi connectivity index (χ3v) is 2.87. The summed E-state index contributed by atoms with van der Waals surface area (Å²) in [5, 5.41) is 2.94. The summed E-state index contributed by atoms with van der Waals surface area (Å²) in [6.07, 6.45) is 0. The van der Waals surface area contributed by atoms with E-state index < -0.39 is 24.3 Å². The average molecular weight is 299 g/mol. The molecule has 0 radical (unpaired) electrons. The first kappa shape index (κ1) is 15.2. The van der Waals surface area contributed by atoms with Crippen LogP contribution in [0.25, 0.3) is 0 Å². The van der Waals surface area contributed by atoms with Crippen molar-refractivity contribution in [3.8, 4) is 5.75 Å². The minimum absolute atomic E-state index is 0.00165. The average Bonchev–Trinajstić information content (AvgIpc) is 2.37. The Hall–Kier alpha value is -2.24. The van der Waals surface area contributed by atoms with Gasteiger partial charge in [-0.1, -0.05) is 12.1 Å². The van der Waals surface area contributed by atoms with E-state index in [1.54, 1.807) is 13.0 Å². The first-order valence-corrected chi connectivity index (χ1v) is 6.22. The zero-order chi connectivity index (χ0) is 15.4. The van der Waals surface area contributed by atoms with Crippen molar-refractivity contribution in [1.29, 1.82) is 0 Å². The second-order valence-electron chi connectivity index (χ2n) is 4.44. The Balaban J connectivity index is 2.13. The largest absolute Gasteiger partial charge is 0.435 e. The Morgan fingerprint density at radius 1 is 1.05 bits per heavy atom. The maximum Gasteiger partial charge on any atom is 0.387 e. The quantitative estimate of drug-likeness (QED) is 0.805. The number of nitrogens with one attached hydrogen (secondary N) is 1. The van der Waals surface area contributed by atoms with Gasteiger partial charge in [-0.05, 0) is 25.1 Å². The molecule has 0 heterocycles. The van der Waals surface area contributed by atoms with E-state index in [1.165, 1.54) is 24.3 Å². The summed E-state index contributed by atoms with van der Waals surface area (Å²) in [6, 6.07) is 8.76. The summed E-state index contributed by atoms with van der Waals surface area (Å²) in [5.74, 6) is -1.33. The zero-order valence-electron chi connectivity index (χ0n) is 11.1. The van der Waals surface area contributed by atoms with Gasteiger partial charge in [-0.2, -0.15) is 8.78 Å². The number of anilines is 1. The molecule has 0 bridgehead atoms. The molecule has 2 aromatic carbocycles. The molecule has 112 valence electrons. The monoisotopic (exact) mass is 299 g/mol. The number of hydrogen-bond donors (Lipinski definition) is 1. The maximum atomic E-state index is 13.7. The Kier molecular flexibility index (Phi) is 4.67. The van der Waals surface area contributed by atoms with Crippen LogP contribution in [0.1, 0.15) is 18.5 Å². The molecule has 0 aliphatic heterocycles. The van der Waals surface area contributed by atoms with Crippen LogP contribution >= 0.6 is 0 Å². The molecule has 0 aliphatic rings. The minimum atomic E-state index is -2.91. The molecule has 0 aliphatic carbocycles. The lowest BCUT2D eigenvalue weighted by atomic mass is 10.1. The SMILES string of the molecule is CC(Nc1cccc(OC(F)F)c1)c1ccc(F)cc1F. The highest BCUT2D eigenvalue weighted by Crippen LogP contribution is 2.25. The molecule has 0 saturated carbocycles. The van der Waals surface area contributed by atoms with Gasteiger partial charge in [0.1, 0.15) is 17.4 Å². The Morgan fingerprint density at radius 3 is 2.48 bits per heavy atom. The number of hydrogen-bond acceptors (Lipinski definition) is 2. The van der Waals surface area contributed by atoms with Crippen molar-refractivity contribution in [3.63, 3.8) is 0 Å². The normalized spacial score (nSPS) is 12.3. The third kappa shape index (κ3) is 4.11. The number of alkyl halides is 2. The Labute approximate surface area is 119 Å². The van der Waals surface area contributed by atoms with Crippen LogP contribution in [0.5, 0.6) is 5.75 Å². The zero-order valence-corrected chi connectivity index (χ0v) is 11.1. The lowest BCUT2D eigenvalue weighted by molar-refractivity contribution is -0.0498. The van der Waals surface area contributed by atoms with Crippen molar-refractivity contribution < 1.29 is 22.3 Å². The van der Waals surface area contributed by atoms with Crippen molar-refractivity contribution in [2.45, 2.75) is 19.6 Å². The maximum absolute atomic E-state index is 13.7. The van der Waals surface area contributed by atoms with E-state index in [0.29, 0.717) is 5.69 Å². The van der Waals surface area contributed by atoms with Gasteiger partial charge in [-0.25, -0.2) is 8.78 Å². The van der Waals surface area contributed by atoms with E-state index in [2.05, 4.69) is 10.1 Å². The molecule has 1 unspecified atom stereocenters. The van der Waals surface area contributed by atoms with Crippen molar-refractivity contribution in [3.05, 3.63) is 59.7 Å². The van der Waals surface area contributed by atoms with Gasteiger partial charge in [0.15, 0.2) is 0 Å². The third-order valence-electron chi connectivity index (χ3n) is 2.87. The molecule has 2 rings (SSSR count). The van der Waals surface area contributed by atoms with E-state index in [0.717, 1.165) is 12.1 Å². The number of rotatable bonds is 5. The molecule has 0 aromatic heterocycles. The molecule has 0 amide bonds. The van der Waals surface area contributed by atoms with Crippen molar-refractivity contribution in [2.75, 3.05) is 5.32 Å². The first-order chi connectivity index (χ1) is 9.95. The van der Waals surface area contributed by atoms with Crippen LogP contribution in [0.3, 0.4) is 0 Å². The van der Waals surface area contributed by atoms with Crippen LogP contribution in [-0.4, -0.2) is 6.61 Å². The topological polar surface area (TPSA) is 21.3 Å². The van der Waals surface area contributed by atoms with E-state index in [1.807, 2.05) is 0 Å². The van der Waals surface area contributed by atoms with Crippen molar-refractivity contribution in [1.82, 2.24) is 0 Å². The van der Waals surface area contributed by atoms with E-state index in [4.69, 9.17) is 0 Å². The van der Waals surface area contributed by atoms with Crippen molar-refractivity contribution in [2.24, 2.45) is 0 Å². The highest BCUT2D eigenvalue weighted by molar-refractivity contribution is 5.49. The molecule has 1 atom stereocenters. The van der Waals surface area contributed by atoms with Gasteiger partial charge in [0.05, 0.1) is 6.04 Å². The van der Waals surface area contributed by atoms with Gasteiger partial charge in [-0.3, -0.25) is 0 Å². The predicted molar refractivity (Wildman–Crippen MR) is 71.5 cm³/mol. The van der Waals surface area contributed by atoms with Gasteiger partial charge in [-0.15, -0.1) is 0 Å². The standard InChI is InChI=1S/C15H13F4NO/c1-9(13-6-5-10(16)7-14(13)17)20-11-3-2-4-12(8-11)21-15(18)19/h2-9,15,20H,1H3. The molecule has 0 saturated heterocycles. The summed E-state index contributed by atoms with van der Waals surface area (Å²) in [4.78, 5) is 0. The van der Waals surface area contributed by atoms with Crippen LogP contribution in [0.2, 0.25) is 0 Å². The van der Waals surface area contributed by atoms with E-state index in [9.17, 15) is 17.6 Å². The van der Waals surface area contributed by atoms with Crippen LogP contribution in [0, 0.1) is 11.6 Å². The molecule has 1 N–H and O–H groups in total. The molecule has 6 heteroatoms. The highest BCUT2D eigenvalue weighted by atomic mass is 19.3. The molecule has 0 fully saturated rings. The lowest BCUT2D eigenvalue weighted by Crippen LogP contribution is -2.09. The number of benzene rings is 2. The van der Waals surface area contributed by atoms with Gasteiger partial charge in [0.25, 0.3) is 0 Å². The molecule has 2 aromatic rings.